The van der Waals surface area contributed by atoms with E-state index < -0.39 is 11.6 Å². The zero-order valence-electron chi connectivity index (χ0n) is 10.8. The van der Waals surface area contributed by atoms with Gasteiger partial charge in [-0.05, 0) is 30.3 Å². The number of nitrogens with zero attached hydrogens (tertiary/aromatic N) is 1. The second-order valence-electron chi connectivity index (χ2n) is 4.52. The van der Waals surface area contributed by atoms with Crippen LogP contribution in [-0.2, 0) is 6.61 Å². The molecule has 0 saturated heterocycles. The lowest BCUT2D eigenvalue weighted by Gasteiger charge is -2.08. The molecule has 2 aromatic carbocycles. The van der Waals surface area contributed by atoms with Gasteiger partial charge in [0.25, 0.3) is 0 Å². The second kappa shape index (κ2) is 5.40. The Balaban J connectivity index is 1.76. The van der Waals surface area contributed by atoms with E-state index in [1.54, 1.807) is 18.2 Å². The van der Waals surface area contributed by atoms with Gasteiger partial charge in [-0.3, -0.25) is 0 Å². The van der Waals surface area contributed by atoms with Gasteiger partial charge >= 0.3 is 0 Å². The molecular weight excluding hydrogens is 280 g/mol. The van der Waals surface area contributed by atoms with E-state index in [4.69, 9.17) is 14.7 Å². The van der Waals surface area contributed by atoms with Crippen LogP contribution in [0.25, 0.3) is 0 Å². The van der Waals surface area contributed by atoms with E-state index in [1.807, 2.05) is 0 Å². The highest BCUT2D eigenvalue weighted by molar-refractivity contribution is 6.05. The summed E-state index contributed by atoms with van der Waals surface area (Å²) in [5.74, 6) is -0.0591. The van der Waals surface area contributed by atoms with Crippen LogP contribution in [0.1, 0.15) is 11.1 Å². The Morgan fingerprint density at radius 3 is 2.86 bits per heavy atom. The van der Waals surface area contributed by atoms with Gasteiger partial charge in [-0.25, -0.2) is 8.78 Å². The first-order chi connectivity index (χ1) is 10.2. The summed E-state index contributed by atoms with van der Waals surface area (Å²) >= 11 is 0. The number of hydrogen-bond acceptors (Lipinski definition) is 4. The quantitative estimate of drug-likeness (QED) is 0.698. The first-order valence-corrected chi connectivity index (χ1v) is 6.22. The molecule has 3 rings (SSSR count). The topological polar surface area (TPSA) is 51.1 Å². The Morgan fingerprint density at radius 1 is 1.19 bits per heavy atom. The molecule has 0 aliphatic carbocycles. The number of fused-ring (bicyclic) bond motifs is 1. The van der Waals surface area contributed by atoms with Crippen LogP contribution in [-0.4, -0.2) is 17.5 Å². The Hall–Kier alpha value is -2.63. The molecule has 1 aliphatic heterocycles. The minimum atomic E-state index is -0.525. The lowest BCUT2D eigenvalue weighted by Crippen LogP contribution is -2.01. The van der Waals surface area contributed by atoms with Crippen molar-refractivity contribution in [3.8, 4) is 11.5 Å². The molecule has 1 N–H and O–H groups in total. The van der Waals surface area contributed by atoms with Gasteiger partial charge in [0.2, 0.25) is 0 Å². The van der Waals surface area contributed by atoms with Crippen LogP contribution in [0.3, 0.4) is 0 Å². The zero-order valence-corrected chi connectivity index (χ0v) is 10.8. The summed E-state index contributed by atoms with van der Waals surface area (Å²) in [6, 6.07) is 8.16. The van der Waals surface area contributed by atoms with E-state index in [-0.39, 0.29) is 18.8 Å². The summed E-state index contributed by atoms with van der Waals surface area (Å²) in [5.41, 5.74) is 1.25. The van der Waals surface area contributed by atoms with E-state index in [0.29, 0.717) is 22.8 Å². The highest BCUT2D eigenvalue weighted by atomic mass is 19.1. The van der Waals surface area contributed by atoms with Gasteiger partial charge in [-0.2, -0.15) is 0 Å². The van der Waals surface area contributed by atoms with Crippen LogP contribution in [0, 0.1) is 11.6 Å². The van der Waals surface area contributed by atoms with E-state index in [0.717, 1.165) is 18.2 Å². The summed E-state index contributed by atoms with van der Waals surface area (Å²) in [4.78, 5) is 0. The summed E-state index contributed by atoms with van der Waals surface area (Å²) in [7, 11) is 0. The molecule has 6 heteroatoms. The van der Waals surface area contributed by atoms with Crippen LogP contribution in [0.5, 0.6) is 11.5 Å². The number of benzene rings is 2. The fourth-order valence-electron chi connectivity index (χ4n) is 2.07. The lowest BCUT2D eigenvalue weighted by molar-refractivity contribution is 0.296. The monoisotopic (exact) mass is 291 g/mol. The third-order valence-electron chi connectivity index (χ3n) is 3.15. The molecule has 0 aromatic heterocycles. The van der Waals surface area contributed by atoms with Crippen molar-refractivity contribution in [2.75, 3.05) is 6.61 Å². The van der Waals surface area contributed by atoms with Crippen molar-refractivity contribution in [1.29, 1.82) is 0 Å². The largest absolute Gasteiger partial charge is 0.489 e. The summed E-state index contributed by atoms with van der Waals surface area (Å²) in [6.07, 6.45) is 0. The van der Waals surface area contributed by atoms with Gasteiger partial charge in [0, 0.05) is 17.2 Å². The maximum Gasteiger partial charge on any atom is 0.134 e. The van der Waals surface area contributed by atoms with E-state index in [9.17, 15) is 8.78 Å². The van der Waals surface area contributed by atoms with Crippen LogP contribution in [0.15, 0.2) is 41.6 Å². The average molecular weight is 291 g/mol. The highest BCUT2D eigenvalue weighted by Gasteiger charge is 2.20. The molecule has 1 heterocycles. The molecule has 108 valence electrons. The zero-order chi connectivity index (χ0) is 14.8. The van der Waals surface area contributed by atoms with E-state index in [2.05, 4.69) is 5.16 Å². The standard InChI is InChI=1S/C15H11F2NO3/c16-10-1-4-13(17)9(5-10)7-20-11-2-3-12-14(18-19)8-21-15(12)6-11/h1-6,19H,7-8H2. The summed E-state index contributed by atoms with van der Waals surface area (Å²) < 4.78 is 37.3. The normalized spacial score (nSPS) is 14.9. The maximum absolute atomic E-state index is 13.5. The third-order valence-corrected chi connectivity index (χ3v) is 3.15. The minimum absolute atomic E-state index is 0.0939. The Bertz CT molecular complexity index is 716. The minimum Gasteiger partial charge on any atom is -0.489 e. The smallest absolute Gasteiger partial charge is 0.134 e. The van der Waals surface area contributed by atoms with Gasteiger partial charge in [-0.1, -0.05) is 5.16 Å². The fraction of sp³-hybridized carbons (Fsp3) is 0.133. The van der Waals surface area contributed by atoms with Gasteiger partial charge in [0.1, 0.15) is 42.1 Å². The average Bonchev–Trinajstić information content (AvgIpc) is 2.90. The van der Waals surface area contributed by atoms with Crippen molar-refractivity contribution >= 4 is 5.71 Å². The molecule has 2 aromatic rings. The number of rotatable bonds is 3. The van der Waals surface area contributed by atoms with Crippen molar-refractivity contribution in [2.24, 2.45) is 5.16 Å². The molecule has 1 aliphatic rings. The molecule has 0 bridgehead atoms. The van der Waals surface area contributed by atoms with Crippen molar-refractivity contribution < 1.29 is 23.5 Å². The molecule has 0 atom stereocenters. The van der Waals surface area contributed by atoms with Crippen LogP contribution < -0.4 is 9.47 Å². The van der Waals surface area contributed by atoms with Crippen LogP contribution >= 0.6 is 0 Å². The Labute approximate surface area is 119 Å². The third kappa shape index (κ3) is 2.65. The van der Waals surface area contributed by atoms with Crippen LogP contribution in [0.2, 0.25) is 0 Å². The molecular formula is C15H11F2NO3. The van der Waals surface area contributed by atoms with E-state index in [1.165, 1.54) is 0 Å². The fourth-order valence-corrected chi connectivity index (χ4v) is 2.07. The van der Waals surface area contributed by atoms with Crippen molar-refractivity contribution in [3.63, 3.8) is 0 Å². The molecule has 4 nitrogen and oxygen atoms in total. The maximum atomic E-state index is 13.5. The molecule has 0 unspecified atom stereocenters. The highest BCUT2D eigenvalue weighted by Crippen LogP contribution is 2.30. The molecule has 0 amide bonds. The number of oxime groups is 1. The van der Waals surface area contributed by atoms with Crippen molar-refractivity contribution in [2.45, 2.75) is 6.61 Å². The Morgan fingerprint density at radius 2 is 2.05 bits per heavy atom. The first kappa shape index (κ1) is 13.4. The van der Waals surface area contributed by atoms with Crippen molar-refractivity contribution in [1.82, 2.24) is 0 Å². The summed E-state index contributed by atoms with van der Waals surface area (Å²) in [5, 5.41) is 11.9. The summed E-state index contributed by atoms with van der Waals surface area (Å²) in [6.45, 7) is 0.0944. The molecule has 21 heavy (non-hydrogen) atoms. The lowest BCUT2D eigenvalue weighted by atomic mass is 10.1. The molecule has 0 radical (unpaired) electrons. The van der Waals surface area contributed by atoms with Gasteiger partial charge in [-0.15, -0.1) is 0 Å². The number of hydrogen-bond donors (Lipinski definition) is 1. The SMILES string of the molecule is ON=C1COc2cc(OCc3cc(F)ccc3F)ccc21. The van der Waals surface area contributed by atoms with E-state index >= 15 is 0 Å². The predicted molar refractivity (Wildman–Crippen MR) is 71.0 cm³/mol. The van der Waals surface area contributed by atoms with Crippen LogP contribution in [0.4, 0.5) is 8.78 Å². The van der Waals surface area contributed by atoms with Gasteiger partial charge in [0.05, 0.1) is 0 Å². The van der Waals surface area contributed by atoms with Gasteiger partial charge in [0.15, 0.2) is 0 Å². The Kier molecular flexibility index (Phi) is 3.43. The molecule has 0 saturated carbocycles. The number of ether oxygens (including phenoxy) is 2. The van der Waals surface area contributed by atoms with Crippen molar-refractivity contribution in [3.05, 3.63) is 59.2 Å². The molecule has 0 fully saturated rings. The predicted octanol–water partition coefficient (Wildman–Crippen LogP) is 3.11. The second-order valence-corrected chi connectivity index (χ2v) is 4.52. The first-order valence-electron chi connectivity index (χ1n) is 6.22. The number of halogens is 2. The molecule has 0 spiro atoms. The van der Waals surface area contributed by atoms with Gasteiger partial charge < -0.3 is 14.7 Å².